The van der Waals surface area contributed by atoms with E-state index in [1.54, 1.807) is 13.8 Å². The number of rotatable bonds is 12. The number of hydrogen-bond acceptors (Lipinski definition) is 8. The van der Waals surface area contributed by atoms with Crippen molar-refractivity contribution < 1.29 is 38.1 Å². The van der Waals surface area contributed by atoms with Gasteiger partial charge in [0.1, 0.15) is 0 Å². The molecule has 0 aromatic rings. The molecule has 0 fully saturated rings. The zero-order valence-corrected chi connectivity index (χ0v) is 15.4. The molecule has 0 aliphatic heterocycles. The quantitative estimate of drug-likeness (QED) is 0.295. The molecule has 0 heterocycles. The number of unbranched alkanes of at least 4 members (excludes halogenated alkanes) is 1. The molecular formula is C17H28O8. The standard InChI is InChI=1S/C17H28O8/c1-5-9-10-24-15(20)12-17(16(21)23-8-4,25-13(18)6-2)11-14(19)22-7-3/h5-12H2,1-4H3. The largest absolute Gasteiger partial charge is 0.466 e. The SMILES string of the molecule is CCCCOC(=O)CC(CC(=O)OCC)(OC(=O)CC)C(=O)OCC. The monoisotopic (exact) mass is 360 g/mol. The predicted octanol–water partition coefficient (Wildman–Crippen LogP) is 1.93. The molecular weight excluding hydrogens is 332 g/mol. The first-order valence-corrected chi connectivity index (χ1v) is 8.55. The van der Waals surface area contributed by atoms with Gasteiger partial charge in [0.25, 0.3) is 0 Å². The summed E-state index contributed by atoms with van der Waals surface area (Å²) in [7, 11) is 0. The highest BCUT2D eigenvalue weighted by atomic mass is 16.6. The molecule has 0 bridgehead atoms. The zero-order valence-electron chi connectivity index (χ0n) is 15.4. The van der Waals surface area contributed by atoms with Gasteiger partial charge in [-0.1, -0.05) is 20.3 Å². The Morgan fingerprint density at radius 2 is 1.32 bits per heavy atom. The van der Waals surface area contributed by atoms with Gasteiger partial charge in [-0.3, -0.25) is 14.4 Å². The number of ether oxygens (including phenoxy) is 4. The van der Waals surface area contributed by atoms with Crippen molar-refractivity contribution in [1.82, 2.24) is 0 Å². The normalized spacial score (nSPS) is 12.6. The summed E-state index contributed by atoms with van der Waals surface area (Å²) in [6.07, 6.45) is 0.220. The second-order valence-electron chi connectivity index (χ2n) is 5.27. The first-order chi connectivity index (χ1) is 11.8. The Morgan fingerprint density at radius 3 is 1.80 bits per heavy atom. The summed E-state index contributed by atoms with van der Waals surface area (Å²) in [5, 5.41) is 0. The highest BCUT2D eigenvalue weighted by molar-refractivity contribution is 5.92. The van der Waals surface area contributed by atoms with Crippen molar-refractivity contribution in [3.8, 4) is 0 Å². The molecule has 0 aliphatic carbocycles. The molecule has 0 rings (SSSR count). The maximum absolute atomic E-state index is 12.4. The van der Waals surface area contributed by atoms with Crippen molar-refractivity contribution in [1.29, 1.82) is 0 Å². The number of carbonyl (C=O) groups excluding carboxylic acids is 4. The average Bonchev–Trinajstić information content (AvgIpc) is 2.55. The van der Waals surface area contributed by atoms with Crippen LogP contribution in [0.25, 0.3) is 0 Å². The van der Waals surface area contributed by atoms with Gasteiger partial charge in [-0.25, -0.2) is 4.79 Å². The molecule has 0 saturated heterocycles. The van der Waals surface area contributed by atoms with E-state index in [1.165, 1.54) is 6.92 Å². The highest BCUT2D eigenvalue weighted by Crippen LogP contribution is 2.26. The molecule has 0 spiro atoms. The number of esters is 4. The van der Waals surface area contributed by atoms with Crippen LogP contribution in [0.5, 0.6) is 0 Å². The molecule has 144 valence electrons. The van der Waals surface area contributed by atoms with E-state index in [0.717, 1.165) is 6.42 Å². The lowest BCUT2D eigenvalue weighted by Crippen LogP contribution is -2.48. The lowest BCUT2D eigenvalue weighted by molar-refractivity contribution is -0.191. The molecule has 1 atom stereocenters. The lowest BCUT2D eigenvalue weighted by atomic mass is 9.95. The maximum Gasteiger partial charge on any atom is 0.351 e. The third-order valence-electron chi connectivity index (χ3n) is 3.17. The smallest absolute Gasteiger partial charge is 0.351 e. The average molecular weight is 360 g/mol. The topological polar surface area (TPSA) is 105 Å². The molecule has 0 amide bonds. The Bertz CT molecular complexity index is 460. The first kappa shape index (κ1) is 22.9. The summed E-state index contributed by atoms with van der Waals surface area (Å²) in [5.74, 6) is -3.24. The molecule has 0 aromatic heterocycles. The van der Waals surface area contributed by atoms with Crippen molar-refractivity contribution in [2.45, 2.75) is 65.4 Å². The van der Waals surface area contributed by atoms with Gasteiger partial charge in [-0.15, -0.1) is 0 Å². The minimum absolute atomic E-state index is 0.00202. The summed E-state index contributed by atoms with van der Waals surface area (Å²) < 4.78 is 20.0. The lowest BCUT2D eigenvalue weighted by Gasteiger charge is -2.29. The summed E-state index contributed by atoms with van der Waals surface area (Å²) in [6.45, 7) is 6.88. The Morgan fingerprint density at radius 1 is 0.760 bits per heavy atom. The molecule has 25 heavy (non-hydrogen) atoms. The Hall–Kier alpha value is -2.12. The van der Waals surface area contributed by atoms with Crippen LogP contribution in [0.4, 0.5) is 0 Å². The number of hydrogen-bond donors (Lipinski definition) is 0. The van der Waals surface area contributed by atoms with E-state index in [9.17, 15) is 19.2 Å². The maximum atomic E-state index is 12.4. The third-order valence-corrected chi connectivity index (χ3v) is 3.17. The zero-order chi connectivity index (χ0) is 19.3. The molecule has 0 aromatic carbocycles. The van der Waals surface area contributed by atoms with Crippen LogP contribution in [-0.2, 0) is 38.1 Å². The van der Waals surface area contributed by atoms with Gasteiger partial charge in [-0.2, -0.15) is 0 Å². The van der Waals surface area contributed by atoms with Crippen LogP contribution < -0.4 is 0 Å². The van der Waals surface area contributed by atoms with Gasteiger partial charge in [0.05, 0.1) is 32.7 Å². The van der Waals surface area contributed by atoms with E-state index >= 15 is 0 Å². The molecule has 0 saturated carbocycles. The summed E-state index contributed by atoms with van der Waals surface area (Å²) in [6, 6.07) is 0. The fourth-order valence-corrected chi connectivity index (χ4v) is 1.93. The second kappa shape index (κ2) is 12.3. The summed E-state index contributed by atoms with van der Waals surface area (Å²) in [4.78, 5) is 48.2. The Kier molecular flexibility index (Phi) is 11.2. The van der Waals surface area contributed by atoms with Crippen LogP contribution in [0.15, 0.2) is 0 Å². The van der Waals surface area contributed by atoms with Gasteiger partial charge >= 0.3 is 23.9 Å². The fraction of sp³-hybridized carbons (Fsp3) is 0.765. The summed E-state index contributed by atoms with van der Waals surface area (Å²) >= 11 is 0. The van der Waals surface area contributed by atoms with E-state index in [1.807, 2.05) is 6.92 Å². The number of carbonyl (C=O) groups is 4. The van der Waals surface area contributed by atoms with Crippen molar-refractivity contribution in [3.05, 3.63) is 0 Å². The van der Waals surface area contributed by atoms with Crippen LogP contribution in [-0.4, -0.2) is 49.3 Å². The van der Waals surface area contributed by atoms with E-state index in [4.69, 9.17) is 18.9 Å². The second-order valence-corrected chi connectivity index (χ2v) is 5.27. The van der Waals surface area contributed by atoms with E-state index in [-0.39, 0.29) is 26.2 Å². The first-order valence-electron chi connectivity index (χ1n) is 8.55. The van der Waals surface area contributed by atoms with Gasteiger partial charge in [0.15, 0.2) is 0 Å². The van der Waals surface area contributed by atoms with Crippen molar-refractivity contribution in [2.24, 2.45) is 0 Å². The van der Waals surface area contributed by atoms with Crippen LogP contribution in [0.1, 0.15) is 59.8 Å². The van der Waals surface area contributed by atoms with Crippen molar-refractivity contribution in [2.75, 3.05) is 19.8 Å². The van der Waals surface area contributed by atoms with Crippen molar-refractivity contribution in [3.63, 3.8) is 0 Å². The van der Waals surface area contributed by atoms with Gasteiger partial charge in [0.2, 0.25) is 5.60 Å². The van der Waals surface area contributed by atoms with Gasteiger partial charge in [-0.05, 0) is 20.3 Å². The van der Waals surface area contributed by atoms with Crippen LogP contribution >= 0.6 is 0 Å². The third kappa shape index (κ3) is 8.51. The van der Waals surface area contributed by atoms with E-state index < -0.39 is 42.3 Å². The molecule has 1 unspecified atom stereocenters. The predicted molar refractivity (Wildman–Crippen MR) is 87.5 cm³/mol. The molecule has 8 nitrogen and oxygen atoms in total. The Labute approximate surface area is 148 Å². The highest BCUT2D eigenvalue weighted by Gasteiger charge is 2.48. The van der Waals surface area contributed by atoms with Gasteiger partial charge < -0.3 is 18.9 Å². The van der Waals surface area contributed by atoms with Crippen LogP contribution in [0.3, 0.4) is 0 Å². The van der Waals surface area contributed by atoms with Gasteiger partial charge in [0, 0.05) is 6.42 Å². The molecule has 0 radical (unpaired) electrons. The minimum atomic E-state index is -2.08. The minimum Gasteiger partial charge on any atom is -0.466 e. The molecule has 8 heteroatoms. The van der Waals surface area contributed by atoms with E-state index in [2.05, 4.69) is 0 Å². The molecule has 0 aliphatic rings. The van der Waals surface area contributed by atoms with Crippen molar-refractivity contribution >= 4 is 23.9 Å². The van der Waals surface area contributed by atoms with Crippen LogP contribution in [0, 0.1) is 0 Å². The van der Waals surface area contributed by atoms with Crippen LogP contribution in [0.2, 0.25) is 0 Å². The Balaban J connectivity index is 5.48. The summed E-state index contributed by atoms with van der Waals surface area (Å²) in [5.41, 5.74) is -2.08. The van der Waals surface area contributed by atoms with E-state index in [0.29, 0.717) is 6.42 Å². The molecule has 0 N–H and O–H groups in total. The fourth-order valence-electron chi connectivity index (χ4n) is 1.93.